The first-order valence-electron chi connectivity index (χ1n) is 12.2. The molecule has 1 aliphatic carbocycles. The van der Waals surface area contributed by atoms with E-state index >= 15 is 0 Å². The molecule has 0 unspecified atom stereocenters. The first kappa shape index (κ1) is 25.2. The number of fused-ring (bicyclic) bond motifs is 1. The van der Waals surface area contributed by atoms with Gasteiger partial charge in [0.15, 0.2) is 0 Å². The molecular formula is C26H29F2N3O3S2. The van der Waals surface area contributed by atoms with E-state index in [2.05, 4.69) is 4.98 Å². The molecule has 3 aromatic rings. The van der Waals surface area contributed by atoms with Gasteiger partial charge in [-0.15, -0.1) is 11.3 Å². The standard InChI is InChI=1S/C26H29F2N3O3S2/c1-18-4-7-21(8-5-18)36(33,34)31-14-2-3-23(31)25(32)30(20-10-12-26(27,28)13-11-20)16-19-6-9-24-22(15-19)29-17-35-24/h4-9,15,17,20,23H,2-3,10-14,16H2,1H3/t23-/m0/s1. The van der Waals surface area contributed by atoms with Crippen LogP contribution in [0.15, 0.2) is 52.9 Å². The van der Waals surface area contributed by atoms with Crippen LogP contribution in [0.1, 0.15) is 49.7 Å². The number of carbonyl (C=O) groups is 1. The van der Waals surface area contributed by atoms with E-state index in [1.54, 1.807) is 34.7 Å². The summed E-state index contributed by atoms with van der Waals surface area (Å²) in [6.45, 7) is 2.37. The molecule has 192 valence electrons. The van der Waals surface area contributed by atoms with Crippen molar-refractivity contribution in [2.24, 2.45) is 0 Å². The zero-order chi connectivity index (χ0) is 25.5. The number of carbonyl (C=O) groups excluding carboxylic acids is 1. The maximum Gasteiger partial charge on any atom is 0.248 e. The Labute approximate surface area is 214 Å². The first-order chi connectivity index (χ1) is 17.1. The highest BCUT2D eigenvalue weighted by molar-refractivity contribution is 7.89. The molecule has 0 spiro atoms. The Balaban J connectivity index is 1.44. The molecule has 0 N–H and O–H groups in total. The van der Waals surface area contributed by atoms with Gasteiger partial charge in [-0.25, -0.2) is 22.2 Å². The Morgan fingerprint density at radius 3 is 2.58 bits per heavy atom. The number of benzene rings is 2. The zero-order valence-electron chi connectivity index (χ0n) is 20.1. The molecule has 1 aromatic heterocycles. The predicted molar refractivity (Wildman–Crippen MR) is 135 cm³/mol. The number of hydrogen-bond acceptors (Lipinski definition) is 5. The summed E-state index contributed by atoms with van der Waals surface area (Å²) in [5.41, 5.74) is 4.38. The van der Waals surface area contributed by atoms with Crippen molar-refractivity contribution in [1.82, 2.24) is 14.2 Å². The fraction of sp³-hybridized carbons (Fsp3) is 0.462. The van der Waals surface area contributed by atoms with Crippen LogP contribution in [0.4, 0.5) is 8.78 Å². The molecule has 2 heterocycles. The quantitative estimate of drug-likeness (QED) is 0.428. The van der Waals surface area contributed by atoms with Crippen LogP contribution < -0.4 is 0 Å². The van der Waals surface area contributed by atoms with Crippen molar-refractivity contribution in [1.29, 1.82) is 0 Å². The Bertz CT molecular complexity index is 1350. The van der Waals surface area contributed by atoms with Crippen LogP contribution in [0.3, 0.4) is 0 Å². The number of halogens is 2. The minimum absolute atomic E-state index is 0.158. The number of sulfonamides is 1. The van der Waals surface area contributed by atoms with Crippen LogP contribution in [0, 0.1) is 6.92 Å². The van der Waals surface area contributed by atoms with E-state index in [0.717, 1.165) is 21.3 Å². The molecule has 1 aliphatic heterocycles. The second-order valence-electron chi connectivity index (χ2n) is 9.79. The third kappa shape index (κ3) is 5.03. The number of rotatable bonds is 6. The molecule has 2 fully saturated rings. The first-order valence-corrected chi connectivity index (χ1v) is 14.5. The summed E-state index contributed by atoms with van der Waals surface area (Å²) in [5, 5.41) is 0. The highest BCUT2D eigenvalue weighted by atomic mass is 32.2. The number of hydrogen-bond donors (Lipinski definition) is 0. The zero-order valence-corrected chi connectivity index (χ0v) is 21.7. The van der Waals surface area contributed by atoms with Gasteiger partial charge in [-0.2, -0.15) is 4.31 Å². The molecule has 36 heavy (non-hydrogen) atoms. The predicted octanol–water partition coefficient (Wildman–Crippen LogP) is 5.36. The molecule has 6 nitrogen and oxygen atoms in total. The van der Waals surface area contributed by atoms with Crippen molar-refractivity contribution in [2.75, 3.05) is 6.54 Å². The van der Waals surface area contributed by atoms with E-state index in [0.29, 0.717) is 12.8 Å². The van der Waals surface area contributed by atoms with Gasteiger partial charge >= 0.3 is 0 Å². The van der Waals surface area contributed by atoms with Crippen LogP contribution in [0.5, 0.6) is 0 Å². The largest absolute Gasteiger partial charge is 0.334 e. The highest BCUT2D eigenvalue weighted by Crippen LogP contribution is 2.37. The van der Waals surface area contributed by atoms with Gasteiger partial charge in [-0.1, -0.05) is 23.8 Å². The number of aryl methyl sites for hydroxylation is 1. The lowest BCUT2D eigenvalue weighted by molar-refractivity contribution is -0.141. The number of alkyl halides is 2. The van der Waals surface area contributed by atoms with E-state index in [1.165, 1.54) is 15.6 Å². The average molecular weight is 534 g/mol. The molecule has 10 heteroatoms. The Kier molecular flexibility index (Phi) is 6.86. The highest BCUT2D eigenvalue weighted by Gasteiger charge is 2.44. The lowest BCUT2D eigenvalue weighted by Gasteiger charge is -2.39. The van der Waals surface area contributed by atoms with Crippen molar-refractivity contribution in [3.63, 3.8) is 0 Å². The van der Waals surface area contributed by atoms with Gasteiger partial charge < -0.3 is 4.90 Å². The maximum atomic E-state index is 14.0. The van der Waals surface area contributed by atoms with Crippen LogP contribution >= 0.6 is 11.3 Å². The summed E-state index contributed by atoms with van der Waals surface area (Å²) in [4.78, 5) is 20.1. The summed E-state index contributed by atoms with van der Waals surface area (Å²) < 4.78 is 57.2. The van der Waals surface area contributed by atoms with E-state index in [-0.39, 0.29) is 55.6 Å². The van der Waals surface area contributed by atoms with Crippen molar-refractivity contribution in [2.45, 2.75) is 74.9 Å². The van der Waals surface area contributed by atoms with E-state index in [4.69, 9.17) is 0 Å². The monoisotopic (exact) mass is 533 g/mol. The van der Waals surface area contributed by atoms with Crippen molar-refractivity contribution >= 4 is 37.5 Å². The van der Waals surface area contributed by atoms with E-state index in [9.17, 15) is 22.0 Å². The molecule has 0 bridgehead atoms. The van der Waals surface area contributed by atoms with Gasteiger partial charge in [0.2, 0.25) is 21.9 Å². The molecular weight excluding hydrogens is 504 g/mol. The molecule has 2 aliphatic rings. The minimum Gasteiger partial charge on any atom is -0.334 e. The fourth-order valence-electron chi connectivity index (χ4n) is 5.23. The normalized spacial score (nSPS) is 21.1. The molecule has 1 amide bonds. The summed E-state index contributed by atoms with van der Waals surface area (Å²) in [6, 6.07) is 11.2. The smallest absolute Gasteiger partial charge is 0.248 e. The van der Waals surface area contributed by atoms with Gasteiger partial charge in [-0.3, -0.25) is 4.79 Å². The van der Waals surface area contributed by atoms with Gasteiger partial charge in [0.05, 0.1) is 20.6 Å². The van der Waals surface area contributed by atoms with Crippen LogP contribution in [0.2, 0.25) is 0 Å². The Morgan fingerprint density at radius 1 is 1.14 bits per heavy atom. The molecule has 5 rings (SSSR count). The summed E-state index contributed by atoms with van der Waals surface area (Å²) >= 11 is 1.52. The summed E-state index contributed by atoms with van der Waals surface area (Å²) in [5.74, 6) is -3.03. The van der Waals surface area contributed by atoms with Crippen molar-refractivity contribution in [3.8, 4) is 0 Å². The molecule has 1 atom stereocenters. The maximum absolute atomic E-state index is 14.0. The number of nitrogens with zero attached hydrogens (tertiary/aromatic N) is 3. The van der Waals surface area contributed by atoms with Crippen LogP contribution in [-0.2, 0) is 21.4 Å². The lowest BCUT2D eigenvalue weighted by atomic mass is 9.90. The lowest BCUT2D eigenvalue weighted by Crippen LogP contribution is -2.52. The molecule has 2 aromatic carbocycles. The Hall–Kier alpha value is -2.43. The number of amides is 1. The van der Waals surface area contributed by atoms with Gasteiger partial charge in [0.1, 0.15) is 6.04 Å². The Morgan fingerprint density at radius 2 is 1.86 bits per heavy atom. The van der Waals surface area contributed by atoms with Crippen molar-refractivity contribution in [3.05, 3.63) is 59.1 Å². The third-order valence-corrected chi connectivity index (χ3v) is 10.0. The summed E-state index contributed by atoms with van der Waals surface area (Å²) in [6.07, 6.45) is 0.812. The SMILES string of the molecule is Cc1ccc(S(=O)(=O)N2CCC[C@H]2C(=O)N(Cc2ccc3scnc3c2)C2CCC(F)(F)CC2)cc1. The summed E-state index contributed by atoms with van der Waals surface area (Å²) in [7, 11) is -3.87. The molecule has 1 saturated carbocycles. The van der Waals surface area contributed by atoms with Crippen LogP contribution in [-0.4, -0.2) is 53.1 Å². The number of aromatic nitrogens is 1. The fourth-order valence-corrected chi connectivity index (χ4v) is 7.54. The minimum atomic E-state index is -3.87. The topological polar surface area (TPSA) is 70.6 Å². The second kappa shape index (κ2) is 9.79. The molecule has 0 radical (unpaired) electrons. The van der Waals surface area contributed by atoms with Crippen molar-refractivity contribution < 1.29 is 22.0 Å². The molecule has 1 saturated heterocycles. The average Bonchev–Trinajstić information content (AvgIpc) is 3.52. The van der Waals surface area contributed by atoms with Gasteiger partial charge in [0.25, 0.3) is 0 Å². The third-order valence-electron chi connectivity index (χ3n) is 7.27. The van der Waals surface area contributed by atoms with E-state index < -0.39 is 22.0 Å². The van der Waals surface area contributed by atoms with E-state index in [1.807, 2.05) is 25.1 Å². The van der Waals surface area contributed by atoms with Gasteiger partial charge in [0, 0.05) is 32.0 Å². The second-order valence-corrected chi connectivity index (χ2v) is 12.6. The number of thiazole rings is 1. The van der Waals surface area contributed by atoms with Crippen LogP contribution in [0.25, 0.3) is 10.2 Å². The van der Waals surface area contributed by atoms with Gasteiger partial charge in [-0.05, 0) is 62.4 Å².